The highest BCUT2D eigenvalue weighted by Gasteiger charge is 2.48. The summed E-state index contributed by atoms with van der Waals surface area (Å²) in [7, 11) is 0. The van der Waals surface area contributed by atoms with Crippen molar-refractivity contribution in [2.45, 2.75) is 18.3 Å². The monoisotopic (exact) mass is 1700 g/mol. The van der Waals surface area contributed by atoms with Crippen LogP contribution in [-0.2, 0) is 10.8 Å². The zero-order valence-corrected chi connectivity index (χ0v) is 71.3. The summed E-state index contributed by atoms with van der Waals surface area (Å²) in [5.74, 6) is 0. The predicted octanol–water partition coefficient (Wildman–Crippen LogP) is 33.3. The fourth-order valence-corrected chi connectivity index (χ4v) is 20.5. The summed E-state index contributed by atoms with van der Waals surface area (Å²) in [5, 5.41) is 8.29. The minimum Gasteiger partial charge on any atom is -0.356 e. The third kappa shape index (κ3) is 14.2. The number of hydrogen-bond donors (Lipinski definition) is 1. The Labute approximate surface area is 756 Å². The summed E-state index contributed by atoms with van der Waals surface area (Å²) in [6.45, 7) is 0. The third-order valence-corrected chi connectivity index (χ3v) is 26.1. The molecule has 24 rings (SSSR count). The minimum absolute atomic E-state index is 0. The molecule has 0 bridgehead atoms. The van der Waals surface area contributed by atoms with Crippen LogP contribution >= 0.6 is 15.9 Å². The summed E-state index contributed by atoms with van der Waals surface area (Å²) in [4.78, 5) is 2.32. The van der Waals surface area contributed by atoms with Crippen LogP contribution in [0.1, 0.15) is 51.9 Å². The first-order valence-corrected chi connectivity index (χ1v) is 44.3. The fourth-order valence-electron chi connectivity index (χ4n) is 20.1. The zero-order chi connectivity index (χ0) is 84.6. The van der Waals surface area contributed by atoms with Crippen LogP contribution in [0.15, 0.2) is 514 Å². The molecule has 22 aromatic rings. The van der Waals surface area contributed by atoms with Crippen LogP contribution < -0.4 is 10.2 Å². The topological polar surface area (TPSA) is 25.1 Å². The molecule has 608 valence electrons. The van der Waals surface area contributed by atoms with Crippen molar-refractivity contribution < 1.29 is 0 Å². The van der Waals surface area contributed by atoms with Gasteiger partial charge in [-0.2, -0.15) is 0 Å². The molecule has 5 heteroatoms. The Morgan fingerprint density at radius 1 is 0.203 bits per heavy atom. The highest BCUT2D eigenvalue weighted by molar-refractivity contribution is 9.10. The molecule has 0 radical (unpaired) electrons. The highest BCUT2D eigenvalue weighted by atomic mass is 79.9. The minimum atomic E-state index is -0.481. The number of anilines is 5. The summed E-state index contributed by atoms with van der Waals surface area (Å²) >= 11 is 3.65. The van der Waals surface area contributed by atoms with Gasteiger partial charge in [-0.15, -0.1) is 0 Å². The second kappa shape index (κ2) is 34.3. The van der Waals surface area contributed by atoms with Crippen molar-refractivity contribution in [3.8, 4) is 78.1 Å². The number of fused-ring (bicyclic) bond motifs is 12. The van der Waals surface area contributed by atoms with E-state index in [1.54, 1.807) is 0 Å². The lowest BCUT2D eigenvalue weighted by Gasteiger charge is -2.34. The maximum absolute atomic E-state index is 3.65. The van der Waals surface area contributed by atoms with Crippen molar-refractivity contribution in [3.63, 3.8) is 0 Å². The van der Waals surface area contributed by atoms with E-state index in [-0.39, 0.29) is 7.43 Å². The molecule has 0 aliphatic heterocycles. The van der Waals surface area contributed by atoms with Crippen LogP contribution in [0.4, 0.5) is 28.4 Å². The summed E-state index contributed by atoms with van der Waals surface area (Å²) < 4.78 is 6.03. The van der Waals surface area contributed by atoms with Gasteiger partial charge in [-0.25, -0.2) is 0 Å². The van der Waals surface area contributed by atoms with Gasteiger partial charge in [0.15, 0.2) is 0 Å². The van der Waals surface area contributed by atoms with Crippen LogP contribution in [0.25, 0.3) is 122 Å². The molecule has 1 N–H and O–H groups in total. The van der Waals surface area contributed by atoms with Gasteiger partial charge in [0.05, 0.1) is 32.9 Å². The van der Waals surface area contributed by atoms with E-state index in [0.717, 1.165) is 44.3 Å². The molecule has 0 saturated heterocycles. The van der Waals surface area contributed by atoms with Crippen molar-refractivity contribution >= 4 is 88.0 Å². The standard InChI is InChI=1S/C61H42N2.C49H32BrN.C12H11N.CH4/c1-5-22-47(23-6-1)61(48-24-7-2-8-25-48)57-33-15-13-31-53(57)54-38-36-52(42-58(54)61)63-59-34-16-14-32-55(59)56-37-35-46(41-60(56)63)44-20-17-19-43(39-44)45-21-18-30-51(40-45)62(49-26-9-3-10-27-49)50-28-11-4-12-29-50;50-39-20-12-15-35(30-39)33-13-11-14-34(29-33)36-25-27-44-43-22-8-10-24-47(43)51(48(44)31-36)40-26-28-42-41-21-7-9-23-45(41)49(46(42)32-40,37-16-3-1-4-17-37)38-18-5-2-6-19-38;1-3-7-11(8-4-1)13-12-9-5-2-6-10-12;/h1-42H;1-32H;1-10,13H;1H4. The molecule has 4 nitrogen and oxygen atoms in total. The van der Waals surface area contributed by atoms with Crippen molar-refractivity contribution in [1.82, 2.24) is 9.13 Å². The number of aromatic nitrogens is 2. The van der Waals surface area contributed by atoms with E-state index < -0.39 is 10.8 Å². The second-order valence-corrected chi connectivity index (χ2v) is 33.7. The van der Waals surface area contributed by atoms with Gasteiger partial charge in [0.2, 0.25) is 0 Å². The first-order chi connectivity index (χ1) is 62.9. The van der Waals surface area contributed by atoms with Crippen LogP contribution in [0.5, 0.6) is 0 Å². The quantitative estimate of drug-likeness (QED) is 0.111. The molecular formula is C123H89BrN4. The normalized spacial score (nSPS) is 12.3. The van der Waals surface area contributed by atoms with E-state index in [9.17, 15) is 0 Å². The lowest BCUT2D eigenvalue weighted by Crippen LogP contribution is -2.28. The molecule has 2 aliphatic carbocycles. The van der Waals surface area contributed by atoms with Crippen molar-refractivity contribution in [2.75, 3.05) is 10.2 Å². The van der Waals surface area contributed by atoms with Gasteiger partial charge < -0.3 is 19.4 Å². The number of nitrogens with one attached hydrogen (secondary N) is 1. The lowest BCUT2D eigenvalue weighted by atomic mass is 9.67. The van der Waals surface area contributed by atoms with Gasteiger partial charge in [0, 0.05) is 65.8 Å². The Balaban J connectivity index is 0.000000137. The average Bonchev–Trinajstić information content (AvgIpc) is 1.53. The first kappa shape index (κ1) is 79.3. The Bertz CT molecular complexity index is 7630. The molecule has 128 heavy (non-hydrogen) atoms. The molecule has 2 aromatic heterocycles. The fraction of sp³-hybridized carbons (Fsp3) is 0.0244. The van der Waals surface area contributed by atoms with Gasteiger partial charge in [-0.05, 0) is 245 Å². The Morgan fingerprint density at radius 2 is 0.500 bits per heavy atom. The third-order valence-electron chi connectivity index (χ3n) is 25.6. The lowest BCUT2D eigenvalue weighted by molar-refractivity contribution is 0.767. The van der Waals surface area contributed by atoms with Gasteiger partial charge in [-0.3, -0.25) is 0 Å². The van der Waals surface area contributed by atoms with E-state index in [0.29, 0.717) is 0 Å². The maximum atomic E-state index is 3.65. The molecule has 0 fully saturated rings. The zero-order valence-electron chi connectivity index (χ0n) is 69.7. The van der Waals surface area contributed by atoms with E-state index in [2.05, 4.69) is 484 Å². The van der Waals surface area contributed by atoms with E-state index in [1.807, 2.05) is 60.7 Å². The van der Waals surface area contributed by atoms with Crippen LogP contribution in [0.3, 0.4) is 0 Å². The van der Waals surface area contributed by atoms with Crippen molar-refractivity contribution in [1.29, 1.82) is 0 Å². The largest absolute Gasteiger partial charge is 0.356 e. The Morgan fingerprint density at radius 3 is 0.898 bits per heavy atom. The first-order valence-electron chi connectivity index (χ1n) is 43.5. The number of benzene rings is 20. The van der Waals surface area contributed by atoms with Crippen LogP contribution in [0.2, 0.25) is 0 Å². The highest BCUT2D eigenvalue weighted by Crippen LogP contribution is 2.59. The SMILES string of the molecule is Brc1cccc(-c2cccc(-c3ccc4c5ccccc5n(-c5ccc6c(c5)C(c5ccccc5)(c5ccccc5)c5ccccc5-6)c4c3)c2)c1.C.c1ccc(N(c2ccccc2)c2cccc(-c3cccc(-c4ccc5c6ccccc6n(-c6ccc7c(c6)C(c6ccccc6)(c6ccccc6)c6ccccc6-7)c5c4)c3)c2)cc1.c1ccc(Nc2ccccc2)cc1. The van der Waals surface area contributed by atoms with Crippen molar-refractivity contribution in [2.24, 2.45) is 0 Å². The Hall–Kier alpha value is -15.9. The number of para-hydroxylation sites is 6. The smallest absolute Gasteiger partial charge is 0.0714 e. The molecular weight excluding hydrogens is 1610 g/mol. The molecule has 0 atom stereocenters. The molecule has 0 unspecified atom stereocenters. The molecule has 0 spiro atoms. The molecule has 0 amide bonds. The van der Waals surface area contributed by atoms with Gasteiger partial charge in [0.1, 0.15) is 0 Å². The van der Waals surface area contributed by atoms with E-state index >= 15 is 0 Å². The average molecular weight is 1700 g/mol. The molecule has 20 aromatic carbocycles. The van der Waals surface area contributed by atoms with Gasteiger partial charge in [-0.1, -0.05) is 399 Å². The van der Waals surface area contributed by atoms with Gasteiger partial charge in [0.25, 0.3) is 0 Å². The summed E-state index contributed by atoms with van der Waals surface area (Å²) in [6, 6.07) is 185. The van der Waals surface area contributed by atoms with Crippen LogP contribution in [-0.4, -0.2) is 9.13 Å². The number of nitrogens with zero attached hydrogens (tertiary/aromatic N) is 3. The van der Waals surface area contributed by atoms with Crippen LogP contribution in [0, 0.1) is 0 Å². The summed E-state index contributed by atoms with van der Waals surface area (Å²) in [5.41, 5.74) is 36.7. The van der Waals surface area contributed by atoms with E-state index in [1.165, 1.54) is 155 Å². The second-order valence-electron chi connectivity index (χ2n) is 32.8. The van der Waals surface area contributed by atoms with Gasteiger partial charge >= 0.3 is 0 Å². The predicted molar refractivity (Wildman–Crippen MR) is 543 cm³/mol. The summed E-state index contributed by atoms with van der Waals surface area (Å²) in [6.07, 6.45) is 0. The molecule has 0 saturated carbocycles. The maximum Gasteiger partial charge on any atom is 0.0714 e. The Kier molecular flexibility index (Phi) is 21.2. The molecule has 2 aliphatic rings. The van der Waals surface area contributed by atoms with E-state index in [4.69, 9.17) is 0 Å². The van der Waals surface area contributed by atoms with Crippen molar-refractivity contribution in [3.05, 3.63) is 559 Å². The molecule has 2 heterocycles. The number of rotatable bonds is 15. The number of hydrogen-bond acceptors (Lipinski definition) is 2. The number of halogens is 1.